The highest BCUT2D eigenvalue weighted by Crippen LogP contribution is 2.19. The van der Waals surface area contributed by atoms with Crippen LogP contribution in [0.25, 0.3) is 0 Å². The molecule has 0 bridgehead atoms. The predicted molar refractivity (Wildman–Crippen MR) is 117 cm³/mol. The van der Waals surface area contributed by atoms with Gasteiger partial charge < -0.3 is 15.0 Å². The molecule has 26 heavy (non-hydrogen) atoms. The van der Waals surface area contributed by atoms with E-state index in [1.54, 1.807) is 0 Å². The van der Waals surface area contributed by atoms with Crippen molar-refractivity contribution in [3.05, 3.63) is 34.4 Å². The van der Waals surface area contributed by atoms with Crippen molar-refractivity contribution in [1.82, 2.24) is 10.2 Å². The van der Waals surface area contributed by atoms with Gasteiger partial charge in [0.25, 0.3) is 0 Å². The van der Waals surface area contributed by atoms with Crippen LogP contribution < -0.4 is 5.32 Å². The molecular formula is C20H32IN3O2. The lowest BCUT2D eigenvalue weighted by Crippen LogP contribution is -2.47. The van der Waals surface area contributed by atoms with Crippen LogP contribution in [0.4, 0.5) is 0 Å². The van der Waals surface area contributed by atoms with Crippen molar-refractivity contribution in [2.75, 3.05) is 33.8 Å². The van der Waals surface area contributed by atoms with E-state index in [4.69, 9.17) is 4.74 Å². The van der Waals surface area contributed by atoms with Gasteiger partial charge in [-0.25, -0.2) is 0 Å². The van der Waals surface area contributed by atoms with Crippen molar-refractivity contribution < 1.29 is 9.53 Å². The maximum absolute atomic E-state index is 11.6. The van der Waals surface area contributed by atoms with Crippen LogP contribution in [0, 0.1) is 26.7 Å². The fourth-order valence-corrected chi connectivity index (χ4v) is 3.73. The molecule has 0 saturated carbocycles. The number of nitrogens with one attached hydrogen (secondary N) is 1. The van der Waals surface area contributed by atoms with Gasteiger partial charge in [-0.2, -0.15) is 0 Å². The minimum absolute atomic E-state index is 0. The molecule has 1 fully saturated rings. The Morgan fingerprint density at radius 3 is 2.31 bits per heavy atom. The Morgan fingerprint density at radius 1 is 1.23 bits per heavy atom. The molecule has 1 saturated heterocycles. The third-order valence-electron chi connectivity index (χ3n) is 5.04. The van der Waals surface area contributed by atoms with Crippen molar-refractivity contribution >= 4 is 35.9 Å². The zero-order valence-corrected chi connectivity index (χ0v) is 18.9. The molecule has 1 aliphatic rings. The van der Waals surface area contributed by atoms with Crippen LogP contribution in [-0.2, 0) is 16.0 Å². The van der Waals surface area contributed by atoms with Gasteiger partial charge in [0.1, 0.15) is 0 Å². The first-order valence-electron chi connectivity index (χ1n) is 9.06. The van der Waals surface area contributed by atoms with Crippen molar-refractivity contribution in [3.8, 4) is 0 Å². The van der Waals surface area contributed by atoms with Crippen molar-refractivity contribution in [2.45, 2.75) is 40.0 Å². The largest absolute Gasteiger partial charge is 0.469 e. The van der Waals surface area contributed by atoms with E-state index in [1.807, 2.05) is 7.05 Å². The number of benzene rings is 1. The molecule has 0 unspecified atom stereocenters. The van der Waals surface area contributed by atoms with Crippen LogP contribution >= 0.6 is 24.0 Å². The van der Waals surface area contributed by atoms with Crippen LogP contribution in [-0.4, -0.2) is 50.6 Å². The molecule has 0 spiro atoms. The average Bonchev–Trinajstić information content (AvgIpc) is 2.60. The molecule has 1 N–H and O–H groups in total. The first kappa shape index (κ1) is 22.7. The maximum Gasteiger partial charge on any atom is 0.308 e. The number of methoxy groups -OCH3 is 1. The molecule has 0 radical (unpaired) electrons. The quantitative estimate of drug-likeness (QED) is 0.316. The van der Waals surface area contributed by atoms with E-state index in [0.29, 0.717) is 0 Å². The number of hydrogen-bond donors (Lipinski definition) is 1. The van der Waals surface area contributed by atoms with E-state index in [1.165, 1.54) is 29.4 Å². The summed E-state index contributed by atoms with van der Waals surface area (Å²) >= 11 is 0. The molecule has 1 aliphatic heterocycles. The van der Waals surface area contributed by atoms with Crippen molar-refractivity contribution in [3.63, 3.8) is 0 Å². The number of rotatable bonds is 4. The van der Waals surface area contributed by atoms with E-state index in [0.717, 1.165) is 44.9 Å². The molecule has 0 aliphatic carbocycles. The molecule has 1 aromatic carbocycles. The Bertz CT molecular complexity index is 615. The minimum Gasteiger partial charge on any atom is -0.469 e. The van der Waals surface area contributed by atoms with E-state index in [9.17, 15) is 4.79 Å². The Balaban J connectivity index is 0.00000338. The second-order valence-corrected chi connectivity index (χ2v) is 6.89. The van der Waals surface area contributed by atoms with Crippen LogP contribution in [0.5, 0.6) is 0 Å². The number of hydrogen-bond acceptors (Lipinski definition) is 3. The molecule has 0 aromatic heterocycles. The number of carbonyl (C=O) groups excluding carboxylic acids is 1. The summed E-state index contributed by atoms with van der Waals surface area (Å²) < 4.78 is 4.85. The lowest BCUT2D eigenvalue weighted by atomic mass is 9.97. The van der Waals surface area contributed by atoms with E-state index in [2.05, 4.69) is 48.1 Å². The molecule has 6 heteroatoms. The van der Waals surface area contributed by atoms with Gasteiger partial charge in [0, 0.05) is 26.7 Å². The number of aliphatic imine (C=N–C) groups is 1. The molecule has 1 aromatic rings. The first-order valence-corrected chi connectivity index (χ1v) is 9.06. The first-order chi connectivity index (χ1) is 12.0. The fraction of sp³-hybridized carbons (Fsp3) is 0.600. The van der Waals surface area contributed by atoms with Gasteiger partial charge >= 0.3 is 5.97 Å². The summed E-state index contributed by atoms with van der Waals surface area (Å²) in [6.45, 7) is 9.03. The molecule has 5 nitrogen and oxygen atoms in total. The third kappa shape index (κ3) is 5.86. The number of carbonyl (C=O) groups is 1. The third-order valence-corrected chi connectivity index (χ3v) is 5.04. The standard InChI is InChI=1S/C20H31N3O2.HI/c1-14-12-15(2)18(16(3)13-14)6-9-22-20(21-4)23-10-7-17(8-11-23)19(24)25-5;/h12-13,17H,6-11H2,1-5H3,(H,21,22);1H. The number of ether oxygens (including phenoxy) is 1. The smallest absolute Gasteiger partial charge is 0.308 e. The van der Waals surface area contributed by atoms with Crippen LogP contribution in [0.2, 0.25) is 0 Å². The summed E-state index contributed by atoms with van der Waals surface area (Å²) in [6.07, 6.45) is 2.63. The normalized spacial score (nSPS) is 15.4. The summed E-state index contributed by atoms with van der Waals surface area (Å²) in [7, 11) is 3.28. The summed E-state index contributed by atoms with van der Waals surface area (Å²) in [6, 6.07) is 4.49. The second-order valence-electron chi connectivity index (χ2n) is 6.89. The van der Waals surface area contributed by atoms with Crippen molar-refractivity contribution in [2.24, 2.45) is 10.9 Å². The van der Waals surface area contributed by atoms with Gasteiger partial charge in [0.05, 0.1) is 13.0 Å². The lowest BCUT2D eigenvalue weighted by molar-refractivity contribution is -0.146. The minimum atomic E-state index is -0.0899. The summed E-state index contributed by atoms with van der Waals surface area (Å²) in [4.78, 5) is 18.3. The summed E-state index contributed by atoms with van der Waals surface area (Å²) in [5.41, 5.74) is 5.44. The predicted octanol–water partition coefficient (Wildman–Crippen LogP) is 3.23. The highest BCUT2D eigenvalue weighted by atomic mass is 127. The Morgan fingerprint density at radius 2 is 1.81 bits per heavy atom. The number of guanidine groups is 1. The van der Waals surface area contributed by atoms with Crippen LogP contribution in [0.1, 0.15) is 35.1 Å². The zero-order valence-electron chi connectivity index (χ0n) is 16.6. The van der Waals surface area contributed by atoms with Crippen LogP contribution in [0.3, 0.4) is 0 Å². The van der Waals surface area contributed by atoms with Gasteiger partial charge in [-0.3, -0.25) is 9.79 Å². The Labute approximate surface area is 174 Å². The molecule has 0 atom stereocenters. The fourth-order valence-electron chi connectivity index (χ4n) is 3.73. The number of piperidine rings is 1. The average molecular weight is 473 g/mol. The van der Waals surface area contributed by atoms with E-state index in [-0.39, 0.29) is 35.9 Å². The zero-order chi connectivity index (χ0) is 18.4. The summed E-state index contributed by atoms with van der Waals surface area (Å²) in [5.74, 6) is 0.857. The number of esters is 1. The Kier molecular flexibility index (Phi) is 9.39. The highest BCUT2D eigenvalue weighted by Gasteiger charge is 2.26. The van der Waals surface area contributed by atoms with E-state index < -0.39 is 0 Å². The van der Waals surface area contributed by atoms with Crippen molar-refractivity contribution in [1.29, 1.82) is 0 Å². The number of halogens is 1. The topological polar surface area (TPSA) is 53.9 Å². The molecule has 1 heterocycles. The molecule has 0 amide bonds. The van der Waals surface area contributed by atoms with Gasteiger partial charge in [-0.15, -0.1) is 24.0 Å². The lowest BCUT2D eigenvalue weighted by Gasteiger charge is -2.33. The highest BCUT2D eigenvalue weighted by molar-refractivity contribution is 14.0. The number of likely N-dealkylation sites (tertiary alicyclic amines) is 1. The Hall–Kier alpha value is -1.31. The van der Waals surface area contributed by atoms with Crippen LogP contribution in [0.15, 0.2) is 17.1 Å². The summed E-state index contributed by atoms with van der Waals surface area (Å²) in [5, 5.41) is 3.47. The monoisotopic (exact) mass is 473 g/mol. The number of aryl methyl sites for hydroxylation is 3. The molecule has 2 rings (SSSR count). The SMILES string of the molecule is CN=C(NCCc1c(C)cc(C)cc1C)N1CCC(C(=O)OC)CC1.I. The van der Waals surface area contributed by atoms with Gasteiger partial charge in [-0.1, -0.05) is 17.7 Å². The molecule has 146 valence electrons. The van der Waals surface area contributed by atoms with Gasteiger partial charge in [0.2, 0.25) is 0 Å². The second kappa shape index (κ2) is 10.7. The van der Waals surface area contributed by atoms with Gasteiger partial charge in [-0.05, 0) is 56.7 Å². The van der Waals surface area contributed by atoms with Gasteiger partial charge in [0.15, 0.2) is 5.96 Å². The number of nitrogens with zero attached hydrogens (tertiary/aromatic N) is 2. The molecular weight excluding hydrogens is 441 g/mol. The van der Waals surface area contributed by atoms with E-state index >= 15 is 0 Å². The maximum atomic E-state index is 11.6.